The third-order valence-electron chi connectivity index (χ3n) is 4.31. The van der Waals surface area contributed by atoms with Gasteiger partial charge in [0, 0.05) is 5.56 Å². The fraction of sp³-hybridized carbons (Fsp3) is 0.130. The van der Waals surface area contributed by atoms with Crippen molar-refractivity contribution in [1.82, 2.24) is 10.9 Å². The first kappa shape index (κ1) is 20.1. The highest BCUT2D eigenvalue weighted by Gasteiger charge is 2.18. The second-order valence-corrected chi connectivity index (χ2v) is 6.45. The standard InChI is InChI=1S/C23H21FN2O3/c1-16(29-21-14-8-7-13-20(21)24)22(27)25-26-23(28)19-12-6-5-11-18(19)15-17-9-3-2-4-10-17/h2-14,16H,15H2,1H3,(H,25,27)(H,26,28). The van der Waals surface area contributed by atoms with Crippen LogP contribution in [-0.4, -0.2) is 17.9 Å². The average Bonchev–Trinajstić information content (AvgIpc) is 2.74. The highest BCUT2D eigenvalue weighted by Crippen LogP contribution is 2.17. The number of ether oxygens (including phenoxy) is 1. The molecule has 148 valence electrons. The number of carbonyl (C=O) groups excluding carboxylic acids is 2. The number of benzene rings is 3. The van der Waals surface area contributed by atoms with Gasteiger partial charge >= 0.3 is 0 Å². The first-order chi connectivity index (χ1) is 14.0. The van der Waals surface area contributed by atoms with E-state index in [-0.39, 0.29) is 5.75 Å². The molecule has 0 bridgehead atoms. The predicted molar refractivity (Wildman–Crippen MR) is 108 cm³/mol. The molecular weight excluding hydrogens is 371 g/mol. The van der Waals surface area contributed by atoms with E-state index in [1.54, 1.807) is 18.2 Å². The summed E-state index contributed by atoms with van der Waals surface area (Å²) in [5.41, 5.74) is 7.08. The monoisotopic (exact) mass is 392 g/mol. The molecule has 0 aromatic heterocycles. The van der Waals surface area contributed by atoms with Crippen molar-refractivity contribution < 1.29 is 18.7 Å². The molecule has 2 N–H and O–H groups in total. The van der Waals surface area contributed by atoms with Crippen LogP contribution in [0.15, 0.2) is 78.9 Å². The van der Waals surface area contributed by atoms with E-state index in [2.05, 4.69) is 10.9 Å². The van der Waals surface area contributed by atoms with Crippen LogP contribution in [-0.2, 0) is 11.2 Å². The molecule has 3 rings (SSSR count). The zero-order valence-electron chi connectivity index (χ0n) is 15.9. The number of rotatable bonds is 6. The summed E-state index contributed by atoms with van der Waals surface area (Å²) in [7, 11) is 0. The summed E-state index contributed by atoms with van der Waals surface area (Å²) in [4.78, 5) is 24.8. The number of amides is 2. The molecule has 0 radical (unpaired) electrons. The number of hydrogen-bond donors (Lipinski definition) is 2. The van der Waals surface area contributed by atoms with Crippen LogP contribution < -0.4 is 15.6 Å². The highest BCUT2D eigenvalue weighted by molar-refractivity contribution is 5.97. The van der Waals surface area contributed by atoms with Crippen LogP contribution >= 0.6 is 0 Å². The second kappa shape index (κ2) is 9.50. The van der Waals surface area contributed by atoms with Crippen LogP contribution in [0.5, 0.6) is 5.75 Å². The van der Waals surface area contributed by atoms with Crippen LogP contribution in [0.1, 0.15) is 28.4 Å². The van der Waals surface area contributed by atoms with E-state index in [0.29, 0.717) is 12.0 Å². The summed E-state index contributed by atoms with van der Waals surface area (Å²) < 4.78 is 19.0. The Kier molecular flexibility index (Phi) is 6.58. The lowest BCUT2D eigenvalue weighted by Crippen LogP contribution is -2.47. The molecule has 0 fully saturated rings. The van der Waals surface area contributed by atoms with Gasteiger partial charge in [-0.25, -0.2) is 4.39 Å². The zero-order valence-corrected chi connectivity index (χ0v) is 15.9. The molecule has 3 aromatic carbocycles. The first-order valence-corrected chi connectivity index (χ1v) is 9.18. The largest absolute Gasteiger partial charge is 0.478 e. The molecule has 0 saturated carbocycles. The van der Waals surface area contributed by atoms with E-state index >= 15 is 0 Å². The minimum atomic E-state index is -0.994. The van der Waals surface area contributed by atoms with E-state index < -0.39 is 23.7 Å². The maximum absolute atomic E-state index is 13.6. The Morgan fingerprint density at radius 2 is 1.55 bits per heavy atom. The van der Waals surface area contributed by atoms with E-state index in [1.165, 1.54) is 25.1 Å². The fourth-order valence-corrected chi connectivity index (χ4v) is 2.78. The Bertz CT molecular complexity index is 992. The van der Waals surface area contributed by atoms with Crippen molar-refractivity contribution in [2.45, 2.75) is 19.4 Å². The molecule has 0 saturated heterocycles. The lowest BCUT2D eigenvalue weighted by Gasteiger charge is -2.16. The molecule has 29 heavy (non-hydrogen) atoms. The van der Waals surface area contributed by atoms with Gasteiger partial charge in [0.15, 0.2) is 17.7 Å². The molecule has 0 heterocycles. The minimum absolute atomic E-state index is 0.0327. The molecule has 2 amide bonds. The normalized spacial score (nSPS) is 11.4. The van der Waals surface area contributed by atoms with Crippen molar-refractivity contribution in [3.63, 3.8) is 0 Å². The van der Waals surface area contributed by atoms with E-state index in [4.69, 9.17) is 4.74 Å². The number of para-hydroxylation sites is 1. The van der Waals surface area contributed by atoms with Crippen LogP contribution in [0.4, 0.5) is 4.39 Å². The molecule has 0 aliphatic heterocycles. The molecule has 1 unspecified atom stereocenters. The van der Waals surface area contributed by atoms with Gasteiger partial charge in [0.05, 0.1) is 0 Å². The fourth-order valence-electron chi connectivity index (χ4n) is 2.78. The Balaban J connectivity index is 1.60. The third-order valence-corrected chi connectivity index (χ3v) is 4.31. The van der Waals surface area contributed by atoms with Crippen molar-refractivity contribution in [2.75, 3.05) is 0 Å². The van der Waals surface area contributed by atoms with E-state index in [1.807, 2.05) is 42.5 Å². The van der Waals surface area contributed by atoms with Gasteiger partial charge in [-0.3, -0.25) is 20.4 Å². The maximum atomic E-state index is 13.6. The molecule has 0 aliphatic rings. The molecule has 5 nitrogen and oxygen atoms in total. The Hall–Kier alpha value is -3.67. The molecular formula is C23H21FN2O3. The van der Waals surface area contributed by atoms with Gasteiger partial charge < -0.3 is 4.74 Å². The first-order valence-electron chi connectivity index (χ1n) is 9.18. The summed E-state index contributed by atoms with van der Waals surface area (Å²) in [6.07, 6.45) is -0.405. The van der Waals surface area contributed by atoms with Gasteiger partial charge in [-0.1, -0.05) is 60.7 Å². The van der Waals surface area contributed by atoms with E-state index in [0.717, 1.165) is 11.1 Å². The maximum Gasteiger partial charge on any atom is 0.279 e. The van der Waals surface area contributed by atoms with Gasteiger partial charge in [-0.15, -0.1) is 0 Å². The lowest BCUT2D eigenvalue weighted by atomic mass is 9.99. The molecule has 0 spiro atoms. The average molecular weight is 392 g/mol. The van der Waals surface area contributed by atoms with Gasteiger partial charge in [-0.2, -0.15) is 0 Å². The quantitative estimate of drug-likeness (QED) is 0.630. The van der Waals surface area contributed by atoms with Crippen molar-refractivity contribution >= 4 is 11.8 Å². The third kappa shape index (κ3) is 5.42. The van der Waals surface area contributed by atoms with Gasteiger partial charge in [0.1, 0.15) is 0 Å². The van der Waals surface area contributed by atoms with Crippen molar-refractivity contribution in [3.8, 4) is 5.75 Å². The highest BCUT2D eigenvalue weighted by atomic mass is 19.1. The van der Waals surface area contributed by atoms with Gasteiger partial charge in [-0.05, 0) is 42.7 Å². The lowest BCUT2D eigenvalue weighted by molar-refractivity contribution is -0.128. The van der Waals surface area contributed by atoms with Crippen LogP contribution in [0.25, 0.3) is 0 Å². The van der Waals surface area contributed by atoms with Gasteiger partial charge in [0.2, 0.25) is 0 Å². The van der Waals surface area contributed by atoms with Gasteiger partial charge in [0.25, 0.3) is 11.8 Å². The SMILES string of the molecule is CC(Oc1ccccc1F)C(=O)NNC(=O)c1ccccc1Cc1ccccc1. The van der Waals surface area contributed by atoms with Crippen molar-refractivity contribution in [1.29, 1.82) is 0 Å². The van der Waals surface area contributed by atoms with Crippen LogP contribution in [0.3, 0.4) is 0 Å². The molecule has 1 atom stereocenters. The number of halogens is 1. The number of hydrogen-bond acceptors (Lipinski definition) is 3. The number of carbonyl (C=O) groups is 2. The minimum Gasteiger partial charge on any atom is -0.478 e. The topological polar surface area (TPSA) is 67.4 Å². The zero-order chi connectivity index (χ0) is 20.6. The second-order valence-electron chi connectivity index (χ2n) is 6.45. The Morgan fingerprint density at radius 1 is 0.897 bits per heavy atom. The molecule has 3 aromatic rings. The summed E-state index contributed by atoms with van der Waals surface area (Å²) in [5, 5.41) is 0. The predicted octanol–water partition coefficient (Wildman–Crippen LogP) is 3.65. The summed E-state index contributed by atoms with van der Waals surface area (Å²) in [5.74, 6) is -1.63. The molecule has 6 heteroatoms. The summed E-state index contributed by atoms with van der Waals surface area (Å²) in [6.45, 7) is 1.47. The number of nitrogens with one attached hydrogen (secondary N) is 2. The van der Waals surface area contributed by atoms with Crippen molar-refractivity contribution in [3.05, 3.63) is 101 Å². The summed E-state index contributed by atoms with van der Waals surface area (Å²) in [6, 6.07) is 22.8. The summed E-state index contributed by atoms with van der Waals surface area (Å²) >= 11 is 0. The van der Waals surface area contributed by atoms with Crippen LogP contribution in [0.2, 0.25) is 0 Å². The Morgan fingerprint density at radius 3 is 2.31 bits per heavy atom. The smallest absolute Gasteiger partial charge is 0.279 e. The Labute approximate surface area is 168 Å². The number of hydrazine groups is 1. The molecule has 0 aliphatic carbocycles. The van der Waals surface area contributed by atoms with E-state index in [9.17, 15) is 14.0 Å². The van der Waals surface area contributed by atoms with Crippen molar-refractivity contribution in [2.24, 2.45) is 0 Å². The van der Waals surface area contributed by atoms with Crippen LogP contribution in [0, 0.1) is 5.82 Å².